The molecule has 0 fully saturated rings. The highest BCUT2D eigenvalue weighted by atomic mass is 16.4. The van der Waals surface area contributed by atoms with Gasteiger partial charge in [-0.1, -0.05) is 42.9 Å². The van der Waals surface area contributed by atoms with Crippen molar-refractivity contribution < 1.29 is 9.90 Å². The summed E-state index contributed by atoms with van der Waals surface area (Å²) in [7, 11) is 0. The van der Waals surface area contributed by atoms with E-state index in [9.17, 15) is 4.79 Å². The van der Waals surface area contributed by atoms with Crippen LogP contribution in [-0.2, 0) is 4.79 Å². The van der Waals surface area contributed by atoms with Gasteiger partial charge >= 0.3 is 5.97 Å². The Morgan fingerprint density at radius 3 is 2.53 bits per heavy atom. The zero-order valence-electron chi connectivity index (χ0n) is 7.37. The minimum Gasteiger partial charge on any atom is -0.481 e. The average molecular weight is 207 g/mol. The molecule has 0 aliphatic heterocycles. The third-order valence-electron chi connectivity index (χ3n) is 1.74. The van der Waals surface area contributed by atoms with Gasteiger partial charge in [0.05, 0.1) is 12.5 Å². The first kappa shape index (κ1) is 13.0. The summed E-state index contributed by atoms with van der Waals surface area (Å²) in [5.74, 6) is -0.980. The van der Waals surface area contributed by atoms with Crippen LogP contribution < -0.4 is 0 Å². The second kappa shape index (κ2) is 6.45. The number of hydrogen-bond acceptors (Lipinski definition) is 2. The fourth-order valence-corrected chi connectivity index (χ4v) is 1.13. The van der Waals surface area contributed by atoms with Crippen molar-refractivity contribution >= 4 is 5.97 Å². The lowest BCUT2D eigenvalue weighted by Gasteiger charge is -2.07. The van der Waals surface area contributed by atoms with Crippen LogP contribution in [-0.4, -0.2) is 11.1 Å². The van der Waals surface area contributed by atoms with Gasteiger partial charge in [0.15, 0.2) is 0 Å². The lowest BCUT2D eigenvalue weighted by Crippen LogP contribution is -2.03. The molecule has 0 aliphatic carbocycles. The molecule has 5 nitrogen and oxygen atoms in total. The number of benzene rings is 1. The standard InChI is InChI=1S/C9H9N3O2.CH4/c10-12-11-8(6-9(13)14)7-4-2-1-3-5-7;/h1-5,8H,6H2,(H,13,14);1H4/t8-;/m0./s1. The number of aliphatic carboxylic acids is 1. The smallest absolute Gasteiger partial charge is 0.304 e. The van der Waals surface area contributed by atoms with Crippen molar-refractivity contribution in [2.24, 2.45) is 5.11 Å². The Morgan fingerprint density at radius 2 is 2.07 bits per heavy atom. The molecule has 1 aromatic carbocycles. The van der Waals surface area contributed by atoms with E-state index >= 15 is 0 Å². The van der Waals surface area contributed by atoms with E-state index in [0.717, 1.165) is 0 Å². The summed E-state index contributed by atoms with van der Waals surface area (Å²) < 4.78 is 0. The third-order valence-corrected chi connectivity index (χ3v) is 1.74. The SMILES string of the molecule is C.[N-]=[N+]=N[C@@H](CC(=O)O)c1ccccc1. The molecule has 0 amide bonds. The van der Waals surface area contributed by atoms with Crippen LogP contribution in [0.4, 0.5) is 0 Å². The lowest BCUT2D eigenvalue weighted by molar-refractivity contribution is -0.137. The van der Waals surface area contributed by atoms with Crippen molar-refractivity contribution in [2.45, 2.75) is 19.9 Å². The van der Waals surface area contributed by atoms with Crippen LogP contribution in [0.2, 0.25) is 0 Å². The highest BCUT2D eigenvalue weighted by Crippen LogP contribution is 2.20. The zero-order valence-corrected chi connectivity index (χ0v) is 7.37. The van der Waals surface area contributed by atoms with E-state index in [4.69, 9.17) is 10.6 Å². The first-order chi connectivity index (χ1) is 6.74. The number of nitrogens with zero attached hydrogens (tertiary/aromatic N) is 3. The molecule has 15 heavy (non-hydrogen) atoms. The van der Waals surface area contributed by atoms with Gasteiger partial charge in [0.25, 0.3) is 0 Å². The molecule has 0 aliphatic rings. The number of carboxylic acids is 1. The molecule has 1 rings (SSSR count). The van der Waals surface area contributed by atoms with E-state index in [0.29, 0.717) is 5.56 Å². The molecular weight excluding hydrogens is 194 g/mol. The molecule has 0 heterocycles. The summed E-state index contributed by atoms with van der Waals surface area (Å²) >= 11 is 0. The van der Waals surface area contributed by atoms with Crippen molar-refractivity contribution in [3.63, 3.8) is 0 Å². The third kappa shape index (κ3) is 4.15. The monoisotopic (exact) mass is 207 g/mol. The molecule has 0 aromatic heterocycles. The number of azide groups is 1. The van der Waals surface area contributed by atoms with Gasteiger partial charge in [0.1, 0.15) is 0 Å². The predicted molar refractivity (Wildman–Crippen MR) is 57.3 cm³/mol. The van der Waals surface area contributed by atoms with Crippen LogP contribution in [0.3, 0.4) is 0 Å². The summed E-state index contributed by atoms with van der Waals surface area (Å²) in [4.78, 5) is 13.1. The Morgan fingerprint density at radius 1 is 1.47 bits per heavy atom. The van der Waals surface area contributed by atoms with Crippen LogP contribution in [0.1, 0.15) is 25.5 Å². The Labute approximate surface area is 88.0 Å². The largest absolute Gasteiger partial charge is 0.481 e. The van der Waals surface area contributed by atoms with Gasteiger partial charge in [0.2, 0.25) is 0 Å². The van der Waals surface area contributed by atoms with Gasteiger partial charge in [0, 0.05) is 4.91 Å². The molecule has 1 atom stereocenters. The van der Waals surface area contributed by atoms with E-state index in [-0.39, 0.29) is 13.8 Å². The lowest BCUT2D eigenvalue weighted by atomic mass is 10.1. The van der Waals surface area contributed by atoms with Gasteiger partial charge in [-0.2, -0.15) is 0 Å². The molecule has 1 N–H and O–H groups in total. The summed E-state index contributed by atoms with van der Waals surface area (Å²) in [6, 6.07) is 8.22. The second-order valence-electron chi connectivity index (χ2n) is 2.73. The van der Waals surface area contributed by atoms with Crippen molar-refractivity contribution in [1.29, 1.82) is 0 Å². The average Bonchev–Trinajstić information content (AvgIpc) is 2.18. The summed E-state index contributed by atoms with van der Waals surface area (Å²) in [6.45, 7) is 0. The molecule has 0 radical (unpaired) electrons. The fraction of sp³-hybridized carbons (Fsp3) is 0.300. The van der Waals surface area contributed by atoms with Gasteiger partial charge in [-0.3, -0.25) is 4.79 Å². The maximum absolute atomic E-state index is 10.5. The molecule has 0 spiro atoms. The Balaban J connectivity index is 0.00000196. The Hall–Kier alpha value is -2.00. The number of rotatable bonds is 4. The molecular formula is C10H13N3O2. The molecule has 0 unspecified atom stereocenters. The quantitative estimate of drug-likeness (QED) is 0.467. The molecule has 0 saturated carbocycles. The maximum atomic E-state index is 10.5. The summed E-state index contributed by atoms with van der Waals surface area (Å²) in [5.41, 5.74) is 8.99. The number of carbonyl (C=O) groups is 1. The van der Waals surface area contributed by atoms with E-state index in [1.807, 2.05) is 6.07 Å². The van der Waals surface area contributed by atoms with E-state index in [2.05, 4.69) is 10.0 Å². The van der Waals surface area contributed by atoms with Gasteiger partial charge in [-0.25, -0.2) is 0 Å². The summed E-state index contributed by atoms with van der Waals surface area (Å²) in [6.07, 6.45) is -0.186. The van der Waals surface area contributed by atoms with Crippen molar-refractivity contribution in [3.8, 4) is 0 Å². The van der Waals surface area contributed by atoms with Crippen molar-refractivity contribution in [3.05, 3.63) is 46.3 Å². The number of carboxylic acid groups (broad SMARTS) is 1. The van der Waals surface area contributed by atoms with E-state index < -0.39 is 12.0 Å². The predicted octanol–water partition coefficient (Wildman–Crippen LogP) is 3.15. The number of hydrogen-bond donors (Lipinski definition) is 1. The van der Waals surface area contributed by atoms with Crippen LogP contribution >= 0.6 is 0 Å². The van der Waals surface area contributed by atoms with Crippen molar-refractivity contribution in [2.75, 3.05) is 0 Å². The first-order valence-electron chi connectivity index (χ1n) is 4.05. The highest BCUT2D eigenvalue weighted by molar-refractivity contribution is 5.67. The topological polar surface area (TPSA) is 86.1 Å². The maximum Gasteiger partial charge on any atom is 0.304 e. The minimum absolute atomic E-state index is 0. The first-order valence-corrected chi connectivity index (χ1v) is 4.05. The second-order valence-corrected chi connectivity index (χ2v) is 2.73. The fourth-order valence-electron chi connectivity index (χ4n) is 1.13. The molecule has 0 bridgehead atoms. The van der Waals surface area contributed by atoms with Gasteiger partial charge in [-0.15, -0.1) is 0 Å². The minimum atomic E-state index is -0.980. The molecule has 0 saturated heterocycles. The van der Waals surface area contributed by atoms with E-state index in [1.54, 1.807) is 24.3 Å². The molecule has 5 heteroatoms. The molecule has 1 aromatic rings. The normalized spacial score (nSPS) is 10.7. The Kier molecular flexibility index (Phi) is 5.59. The van der Waals surface area contributed by atoms with E-state index in [1.165, 1.54) is 0 Å². The summed E-state index contributed by atoms with van der Waals surface area (Å²) in [5, 5.41) is 12.0. The van der Waals surface area contributed by atoms with Gasteiger partial charge < -0.3 is 5.11 Å². The van der Waals surface area contributed by atoms with Crippen LogP contribution in [0.5, 0.6) is 0 Å². The van der Waals surface area contributed by atoms with Crippen LogP contribution in [0.25, 0.3) is 10.4 Å². The molecule has 80 valence electrons. The Bertz CT molecular complexity index is 358. The van der Waals surface area contributed by atoms with Crippen molar-refractivity contribution in [1.82, 2.24) is 0 Å². The zero-order chi connectivity index (χ0) is 10.4. The van der Waals surface area contributed by atoms with Gasteiger partial charge in [-0.05, 0) is 11.1 Å². The van der Waals surface area contributed by atoms with Crippen LogP contribution in [0.15, 0.2) is 35.4 Å². The van der Waals surface area contributed by atoms with Crippen LogP contribution in [0, 0.1) is 0 Å². The highest BCUT2D eigenvalue weighted by Gasteiger charge is 2.12.